The zero-order chi connectivity index (χ0) is 19.9. The number of rotatable bonds is 8. The van der Waals surface area contributed by atoms with E-state index in [4.69, 9.17) is 9.72 Å². The summed E-state index contributed by atoms with van der Waals surface area (Å²) >= 11 is 0. The van der Waals surface area contributed by atoms with Gasteiger partial charge in [0.2, 0.25) is 0 Å². The lowest BCUT2D eigenvalue weighted by Crippen LogP contribution is -2.16. The Morgan fingerprint density at radius 1 is 0.966 bits per heavy atom. The van der Waals surface area contributed by atoms with E-state index in [-0.39, 0.29) is 0 Å². The molecule has 0 spiro atoms. The van der Waals surface area contributed by atoms with Crippen molar-refractivity contribution in [3.05, 3.63) is 90.8 Å². The normalized spacial score (nSPS) is 10.7. The molecule has 29 heavy (non-hydrogen) atoms. The van der Waals surface area contributed by atoms with E-state index in [2.05, 4.69) is 52.6 Å². The molecule has 5 nitrogen and oxygen atoms in total. The zero-order valence-corrected chi connectivity index (χ0v) is 16.5. The van der Waals surface area contributed by atoms with Gasteiger partial charge in [0.25, 0.3) is 0 Å². The first-order chi connectivity index (χ1) is 14.3. The molecule has 0 aliphatic carbocycles. The highest BCUT2D eigenvalue weighted by Gasteiger charge is 2.05. The van der Waals surface area contributed by atoms with Gasteiger partial charge in [0, 0.05) is 37.1 Å². The van der Waals surface area contributed by atoms with Crippen LogP contribution in [-0.4, -0.2) is 30.2 Å². The van der Waals surface area contributed by atoms with Crippen LogP contribution in [0, 0.1) is 0 Å². The Morgan fingerprint density at radius 2 is 1.86 bits per heavy atom. The van der Waals surface area contributed by atoms with Crippen LogP contribution in [0.4, 0.5) is 11.5 Å². The monoisotopic (exact) mass is 384 g/mol. The van der Waals surface area contributed by atoms with Crippen molar-refractivity contribution in [3.8, 4) is 5.75 Å². The van der Waals surface area contributed by atoms with Gasteiger partial charge in [-0.1, -0.05) is 24.3 Å². The van der Waals surface area contributed by atoms with E-state index in [0.29, 0.717) is 13.2 Å². The maximum atomic E-state index is 5.71. The second-order valence-electron chi connectivity index (χ2n) is 6.88. The third-order valence-corrected chi connectivity index (χ3v) is 4.68. The van der Waals surface area contributed by atoms with Gasteiger partial charge in [-0.25, -0.2) is 4.98 Å². The molecule has 146 valence electrons. The van der Waals surface area contributed by atoms with Crippen LogP contribution in [0.2, 0.25) is 0 Å². The molecule has 4 aromatic rings. The Balaban J connectivity index is 1.36. The van der Waals surface area contributed by atoms with E-state index in [9.17, 15) is 0 Å². The first kappa shape index (κ1) is 18.7. The minimum Gasteiger partial charge on any atom is -0.492 e. The third kappa shape index (κ3) is 5.02. The molecule has 0 aliphatic rings. The topological polar surface area (TPSA) is 50.3 Å². The number of benzene rings is 2. The van der Waals surface area contributed by atoms with Gasteiger partial charge in [0.05, 0.1) is 12.1 Å². The van der Waals surface area contributed by atoms with Crippen LogP contribution >= 0.6 is 0 Å². The van der Waals surface area contributed by atoms with Crippen molar-refractivity contribution in [2.75, 3.05) is 30.4 Å². The predicted octanol–water partition coefficient (Wildman–Crippen LogP) is 4.76. The van der Waals surface area contributed by atoms with Crippen molar-refractivity contribution in [1.82, 2.24) is 9.97 Å². The molecule has 2 heterocycles. The minimum atomic E-state index is 0.585. The lowest BCUT2D eigenvalue weighted by molar-refractivity contribution is 0.333. The number of ether oxygens (including phenoxy) is 1. The smallest absolute Gasteiger partial charge is 0.126 e. The van der Waals surface area contributed by atoms with E-state index in [0.717, 1.165) is 34.7 Å². The summed E-state index contributed by atoms with van der Waals surface area (Å²) < 4.78 is 5.71. The summed E-state index contributed by atoms with van der Waals surface area (Å²) in [6.07, 6.45) is 3.70. The van der Waals surface area contributed by atoms with Gasteiger partial charge in [-0.2, -0.15) is 0 Å². The molecule has 1 N–H and O–H groups in total. The lowest BCUT2D eigenvalue weighted by Gasteiger charge is -2.19. The van der Waals surface area contributed by atoms with Gasteiger partial charge >= 0.3 is 0 Å². The second kappa shape index (κ2) is 9.06. The van der Waals surface area contributed by atoms with Crippen molar-refractivity contribution in [2.45, 2.75) is 6.54 Å². The number of para-hydroxylation sites is 1. The second-order valence-corrected chi connectivity index (χ2v) is 6.88. The van der Waals surface area contributed by atoms with E-state index < -0.39 is 0 Å². The van der Waals surface area contributed by atoms with Gasteiger partial charge in [0.1, 0.15) is 18.2 Å². The molecule has 0 aliphatic heterocycles. The highest BCUT2D eigenvalue weighted by Crippen LogP contribution is 2.23. The molecule has 0 unspecified atom stereocenters. The fourth-order valence-electron chi connectivity index (χ4n) is 3.17. The summed E-state index contributed by atoms with van der Waals surface area (Å²) in [6.45, 7) is 2.09. The van der Waals surface area contributed by atoms with E-state index in [1.807, 2.05) is 48.7 Å². The van der Waals surface area contributed by atoms with Gasteiger partial charge in [-0.05, 0) is 54.1 Å². The summed E-state index contributed by atoms with van der Waals surface area (Å²) in [5, 5.41) is 4.44. The molecule has 0 saturated heterocycles. The molecule has 0 bridgehead atoms. The summed E-state index contributed by atoms with van der Waals surface area (Å²) in [6, 6.07) is 24.3. The van der Waals surface area contributed by atoms with E-state index in [1.165, 1.54) is 5.56 Å². The molecule has 5 heteroatoms. The molecule has 0 saturated carbocycles. The van der Waals surface area contributed by atoms with Crippen molar-refractivity contribution < 1.29 is 4.74 Å². The first-order valence-corrected chi connectivity index (χ1v) is 9.70. The van der Waals surface area contributed by atoms with Gasteiger partial charge in [-0.3, -0.25) is 4.98 Å². The van der Waals surface area contributed by atoms with Crippen LogP contribution in [0.25, 0.3) is 10.9 Å². The third-order valence-electron chi connectivity index (χ3n) is 4.68. The number of fused-ring (bicyclic) bond motifs is 1. The summed E-state index contributed by atoms with van der Waals surface area (Å²) in [4.78, 5) is 11.1. The van der Waals surface area contributed by atoms with Crippen molar-refractivity contribution in [2.24, 2.45) is 0 Å². The minimum absolute atomic E-state index is 0.585. The molecule has 2 aromatic heterocycles. The molecule has 0 atom stereocenters. The van der Waals surface area contributed by atoms with Gasteiger partial charge < -0.3 is 15.0 Å². The summed E-state index contributed by atoms with van der Waals surface area (Å²) in [7, 11) is 2.09. The Kier molecular flexibility index (Phi) is 5.86. The highest BCUT2D eigenvalue weighted by atomic mass is 16.5. The van der Waals surface area contributed by atoms with E-state index >= 15 is 0 Å². The summed E-state index contributed by atoms with van der Waals surface area (Å²) in [5.74, 6) is 1.73. The Bertz CT molecular complexity index is 1050. The first-order valence-electron chi connectivity index (χ1n) is 9.70. The number of nitrogens with one attached hydrogen (secondary N) is 1. The van der Waals surface area contributed by atoms with Crippen LogP contribution in [0.3, 0.4) is 0 Å². The molecular weight excluding hydrogens is 360 g/mol. The summed E-state index contributed by atoms with van der Waals surface area (Å²) in [5.41, 5.74) is 3.31. The number of hydrogen-bond acceptors (Lipinski definition) is 5. The van der Waals surface area contributed by atoms with Crippen molar-refractivity contribution >= 4 is 22.4 Å². The van der Waals surface area contributed by atoms with Crippen molar-refractivity contribution in [1.29, 1.82) is 0 Å². The average Bonchev–Trinajstić information content (AvgIpc) is 2.77. The fourth-order valence-corrected chi connectivity index (χ4v) is 3.17. The van der Waals surface area contributed by atoms with E-state index in [1.54, 1.807) is 6.20 Å². The van der Waals surface area contributed by atoms with Crippen molar-refractivity contribution in [3.63, 3.8) is 0 Å². The Morgan fingerprint density at radius 3 is 2.69 bits per heavy atom. The number of nitrogens with zero attached hydrogens (tertiary/aromatic N) is 3. The zero-order valence-electron chi connectivity index (χ0n) is 16.5. The predicted molar refractivity (Wildman–Crippen MR) is 119 cm³/mol. The molecule has 0 radical (unpaired) electrons. The largest absolute Gasteiger partial charge is 0.492 e. The SMILES string of the molecule is CN(Cc1cccnc1)c1ccc2nc(NCCOc3ccccc3)ccc2c1. The van der Waals surface area contributed by atoms with Crippen LogP contribution in [-0.2, 0) is 6.54 Å². The molecule has 0 fully saturated rings. The Labute approximate surface area is 171 Å². The van der Waals surface area contributed by atoms with Crippen LogP contribution in [0.15, 0.2) is 85.2 Å². The quantitative estimate of drug-likeness (QED) is 0.444. The fraction of sp³-hybridized carbons (Fsp3) is 0.167. The molecule has 2 aromatic carbocycles. The highest BCUT2D eigenvalue weighted by molar-refractivity contribution is 5.84. The van der Waals surface area contributed by atoms with Crippen LogP contribution in [0.1, 0.15) is 5.56 Å². The maximum Gasteiger partial charge on any atom is 0.126 e. The average molecular weight is 384 g/mol. The van der Waals surface area contributed by atoms with Gasteiger partial charge in [0.15, 0.2) is 0 Å². The number of aromatic nitrogens is 2. The van der Waals surface area contributed by atoms with Gasteiger partial charge in [-0.15, -0.1) is 0 Å². The maximum absolute atomic E-state index is 5.71. The number of pyridine rings is 2. The molecule has 0 amide bonds. The molecular formula is C24H24N4O. The molecule has 4 rings (SSSR count). The van der Waals surface area contributed by atoms with Crippen LogP contribution in [0.5, 0.6) is 5.75 Å². The standard InChI is InChI=1S/C24H24N4O/c1-28(18-19-6-5-13-25-17-19)21-10-11-23-20(16-21)9-12-24(27-23)26-14-15-29-22-7-3-2-4-8-22/h2-13,16-17H,14-15,18H2,1H3,(H,26,27). The lowest BCUT2D eigenvalue weighted by atomic mass is 10.1. The Hall–Kier alpha value is -3.60. The number of hydrogen-bond donors (Lipinski definition) is 1. The number of anilines is 2. The van der Waals surface area contributed by atoms with Crippen LogP contribution < -0.4 is 15.0 Å².